The minimum Gasteiger partial charge on any atom is -0.494 e. The van der Waals surface area contributed by atoms with Gasteiger partial charge in [-0.05, 0) is 48.2 Å². The number of aryl methyl sites for hydroxylation is 2. The number of fused-ring (bicyclic) bond motifs is 1. The van der Waals surface area contributed by atoms with Gasteiger partial charge in [-0.3, -0.25) is 0 Å². The molecule has 0 radical (unpaired) electrons. The minimum absolute atomic E-state index is 0.756. The molecular weight excluding hydrogens is 256 g/mol. The molecule has 0 aliphatic heterocycles. The highest BCUT2D eigenvalue weighted by Crippen LogP contribution is 2.22. The number of ether oxygens (including phenoxy) is 1. The van der Waals surface area contributed by atoms with Crippen molar-refractivity contribution in [3.8, 4) is 5.75 Å². The van der Waals surface area contributed by atoms with Crippen LogP contribution < -0.4 is 4.74 Å². The van der Waals surface area contributed by atoms with Crippen molar-refractivity contribution in [2.45, 2.75) is 19.8 Å². The zero-order valence-electron chi connectivity index (χ0n) is 12.4. The first-order valence-electron chi connectivity index (χ1n) is 7.48. The van der Waals surface area contributed by atoms with Crippen LogP contribution in [0.15, 0.2) is 66.7 Å². The fourth-order valence-corrected chi connectivity index (χ4v) is 2.54. The highest BCUT2D eigenvalue weighted by molar-refractivity contribution is 5.84. The molecule has 106 valence electrons. The summed E-state index contributed by atoms with van der Waals surface area (Å²) in [5, 5.41) is 2.51. The molecule has 3 rings (SSSR count). The number of benzene rings is 3. The van der Waals surface area contributed by atoms with Gasteiger partial charge in [0.25, 0.3) is 0 Å². The van der Waals surface area contributed by atoms with E-state index in [0.717, 1.165) is 25.2 Å². The third-order valence-electron chi connectivity index (χ3n) is 3.69. The second-order valence-electron chi connectivity index (χ2n) is 5.45. The Labute approximate surface area is 126 Å². The molecule has 0 saturated heterocycles. The van der Waals surface area contributed by atoms with Crippen LogP contribution in [-0.2, 0) is 6.42 Å². The highest BCUT2D eigenvalue weighted by Gasteiger charge is 1.99. The number of rotatable bonds is 5. The van der Waals surface area contributed by atoms with Crippen molar-refractivity contribution in [3.63, 3.8) is 0 Å². The molecule has 21 heavy (non-hydrogen) atoms. The van der Waals surface area contributed by atoms with Gasteiger partial charge in [0.05, 0.1) is 6.61 Å². The summed E-state index contributed by atoms with van der Waals surface area (Å²) >= 11 is 0. The van der Waals surface area contributed by atoms with Crippen molar-refractivity contribution < 1.29 is 4.74 Å². The van der Waals surface area contributed by atoms with Crippen LogP contribution in [0.2, 0.25) is 0 Å². The van der Waals surface area contributed by atoms with Crippen LogP contribution in [0.4, 0.5) is 0 Å². The largest absolute Gasteiger partial charge is 0.494 e. The van der Waals surface area contributed by atoms with Crippen LogP contribution in [0.5, 0.6) is 5.75 Å². The third-order valence-corrected chi connectivity index (χ3v) is 3.69. The van der Waals surface area contributed by atoms with Gasteiger partial charge in [-0.1, -0.05) is 60.2 Å². The first-order chi connectivity index (χ1) is 10.3. The Morgan fingerprint density at radius 2 is 1.57 bits per heavy atom. The first-order valence-corrected chi connectivity index (χ1v) is 7.48. The fourth-order valence-electron chi connectivity index (χ4n) is 2.54. The molecule has 0 aromatic heterocycles. The van der Waals surface area contributed by atoms with Crippen LogP contribution in [0, 0.1) is 6.92 Å². The average Bonchev–Trinajstić information content (AvgIpc) is 2.52. The Balaban J connectivity index is 1.57. The maximum Gasteiger partial charge on any atom is 0.119 e. The van der Waals surface area contributed by atoms with E-state index in [2.05, 4.69) is 73.7 Å². The molecule has 0 saturated carbocycles. The van der Waals surface area contributed by atoms with E-state index in [4.69, 9.17) is 4.74 Å². The molecule has 0 heterocycles. The molecule has 0 fully saturated rings. The first kappa shape index (κ1) is 13.7. The fraction of sp³-hybridized carbons (Fsp3) is 0.200. The Kier molecular flexibility index (Phi) is 4.20. The van der Waals surface area contributed by atoms with E-state index in [1.165, 1.54) is 21.9 Å². The average molecular weight is 276 g/mol. The van der Waals surface area contributed by atoms with Gasteiger partial charge in [-0.15, -0.1) is 0 Å². The molecular formula is C20H20O. The van der Waals surface area contributed by atoms with Gasteiger partial charge >= 0.3 is 0 Å². The van der Waals surface area contributed by atoms with E-state index < -0.39 is 0 Å². The maximum absolute atomic E-state index is 5.87. The van der Waals surface area contributed by atoms with Crippen molar-refractivity contribution in [2.75, 3.05) is 6.61 Å². The Bertz CT molecular complexity index is 716. The number of hydrogen-bond donors (Lipinski definition) is 0. The molecule has 0 bridgehead atoms. The molecule has 0 spiro atoms. The zero-order chi connectivity index (χ0) is 14.5. The topological polar surface area (TPSA) is 9.23 Å². The van der Waals surface area contributed by atoms with Crippen molar-refractivity contribution >= 4 is 10.8 Å². The van der Waals surface area contributed by atoms with Crippen molar-refractivity contribution in [1.29, 1.82) is 0 Å². The predicted molar refractivity (Wildman–Crippen MR) is 88.9 cm³/mol. The van der Waals surface area contributed by atoms with Crippen molar-refractivity contribution in [2.24, 2.45) is 0 Å². The standard InChI is InChI=1S/C20H20O/c1-16-9-10-19-15-20(12-11-18(19)14-16)21-13-5-8-17-6-3-2-4-7-17/h2-4,6-7,9-12,14-15H,5,8,13H2,1H3. The summed E-state index contributed by atoms with van der Waals surface area (Å²) in [6.07, 6.45) is 2.10. The lowest BCUT2D eigenvalue weighted by Crippen LogP contribution is -1.99. The molecule has 3 aromatic carbocycles. The Hall–Kier alpha value is -2.28. The third kappa shape index (κ3) is 3.63. The van der Waals surface area contributed by atoms with Gasteiger partial charge in [0.1, 0.15) is 5.75 Å². The SMILES string of the molecule is Cc1ccc2cc(OCCCc3ccccc3)ccc2c1. The summed E-state index contributed by atoms with van der Waals surface area (Å²) in [6, 6.07) is 23.4. The lowest BCUT2D eigenvalue weighted by atomic mass is 10.1. The van der Waals surface area contributed by atoms with Crippen LogP contribution in [0.25, 0.3) is 10.8 Å². The summed E-state index contributed by atoms with van der Waals surface area (Å²) in [5.41, 5.74) is 2.66. The smallest absolute Gasteiger partial charge is 0.119 e. The van der Waals surface area contributed by atoms with E-state index >= 15 is 0 Å². The highest BCUT2D eigenvalue weighted by atomic mass is 16.5. The van der Waals surface area contributed by atoms with Crippen molar-refractivity contribution in [3.05, 3.63) is 77.9 Å². The normalized spacial score (nSPS) is 10.7. The monoisotopic (exact) mass is 276 g/mol. The lowest BCUT2D eigenvalue weighted by Gasteiger charge is -2.08. The van der Waals surface area contributed by atoms with E-state index in [1.54, 1.807) is 0 Å². The quantitative estimate of drug-likeness (QED) is 0.585. The lowest BCUT2D eigenvalue weighted by molar-refractivity contribution is 0.311. The zero-order valence-corrected chi connectivity index (χ0v) is 12.4. The summed E-state index contributed by atoms with van der Waals surface area (Å²) in [4.78, 5) is 0. The maximum atomic E-state index is 5.87. The van der Waals surface area contributed by atoms with Crippen LogP contribution in [-0.4, -0.2) is 6.61 Å². The van der Waals surface area contributed by atoms with E-state index in [9.17, 15) is 0 Å². The molecule has 1 nitrogen and oxygen atoms in total. The molecule has 0 aliphatic carbocycles. The summed E-state index contributed by atoms with van der Waals surface area (Å²) in [7, 11) is 0. The van der Waals surface area contributed by atoms with Gasteiger partial charge < -0.3 is 4.74 Å². The number of hydrogen-bond acceptors (Lipinski definition) is 1. The Morgan fingerprint density at radius 3 is 2.43 bits per heavy atom. The summed E-state index contributed by atoms with van der Waals surface area (Å²) < 4.78 is 5.87. The molecule has 0 N–H and O–H groups in total. The van der Waals surface area contributed by atoms with Crippen LogP contribution in [0.3, 0.4) is 0 Å². The Morgan fingerprint density at radius 1 is 0.810 bits per heavy atom. The van der Waals surface area contributed by atoms with E-state index in [1.807, 2.05) is 0 Å². The summed E-state index contributed by atoms with van der Waals surface area (Å²) in [6.45, 7) is 2.87. The molecule has 0 amide bonds. The molecule has 0 unspecified atom stereocenters. The molecule has 1 heteroatoms. The van der Waals surface area contributed by atoms with E-state index in [0.29, 0.717) is 0 Å². The summed E-state index contributed by atoms with van der Waals surface area (Å²) in [5.74, 6) is 0.958. The second kappa shape index (κ2) is 6.45. The minimum atomic E-state index is 0.756. The molecule has 0 atom stereocenters. The second-order valence-corrected chi connectivity index (χ2v) is 5.45. The van der Waals surface area contributed by atoms with Gasteiger partial charge in [0.2, 0.25) is 0 Å². The predicted octanol–water partition coefficient (Wildman–Crippen LogP) is 5.16. The van der Waals surface area contributed by atoms with Crippen molar-refractivity contribution in [1.82, 2.24) is 0 Å². The van der Waals surface area contributed by atoms with Gasteiger partial charge in [0, 0.05) is 0 Å². The van der Waals surface area contributed by atoms with Gasteiger partial charge in [-0.2, -0.15) is 0 Å². The van der Waals surface area contributed by atoms with Crippen LogP contribution >= 0.6 is 0 Å². The van der Waals surface area contributed by atoms with Gasteiger partial charge in [0.15, 0.2) is 0 Å². The van der Waals surface area contributed by atoms with Gasteiger partial charge in [-0.25, -0.2) is 0 Å². The van der Waals surface area contributed by atoms with E-state index in [-0.39, 0.29) is 0 Å². The van der Waals surface area contributed by atoms with Crippen LogP contribution in [0.1, 0.15) is 17.5 Å². The molecule has 3 aromatic rings. The molecule has 0 aliphatic rings.